The van der Waals surface area contributed by atoms with Crippen molar-refractivity contribution in [3.05, 3.63) is 85.1 Å². The Hall–Kier alpha value is -2.63. The molecule has 9 heteroatoms. The van der Waals surface area contributed by atoms with Crippen LogP contribution in [0, 0.1) is 0 Å². The molecular formula is C69H123NO8. The standard InChI is InChI=1S/C69H123NO8/c1-3-5-7-9-11-13-15-17-19-21-23-25-27-29-31-33-34-36-38-40-42-44-46-48-50-52-54-56-58-63(72)62(61-77-69-68(76)67(75)66(74)64(60-71)78-69)70-65(73)59-57-55-53-51-49-47-45-43-41-39-37-35-32-30-28-26-24-22-20-18-16-14-12-10-8-6-4-2/h6,8,12,14,18,20,24,26,30,32,48,50,56,58,62-64,66-69,71-72,74-76H,3-5,7,9-11,13,15-17,19,21-23,25,27-29,31,33-47,49,51-55,57,59-61H2,1-2H3,(H,70,73)/b8-6-,14-12-,20-18-,26-24-,32-30-,50-48+,58-56+. The summed E-state index contributed by atoms with van der Waals surface area (Å²) in [6.45, 7) is 3.68. The van der Waals surface area contributed by atoms with Gasteiger partial charge in [0, 0.05) is 6.42 Å². The highest BCUT2D eigenvalue weighted by Gasteiger charge is 2.44. The largest absolute Gasteiger partial charge is 0.394 e. The second kappa shape index (κ2) is 57.6. The molecule has 1 rings (SSSR count). The van der Waals surface area contributed by atoms with Crippen LogP contribution in [0.15, 0.2) is 85.1 Å². The lowest BCUT2D eigenvalue weighted by Gasteiger charge is -2.40. The molecule has 0 spiro atoms. The highest BCUT2D eigenvalue weighted by molar-refractivity contribution is 5.76. The molecule has 1 saturated heterocycles. The Morgan fingerprint density at radius 3 is 1.23 bits per heavy atom. The molecule has 1 amide bonds. The van der Waals surface area contributed by atoms with E-state index in [1.807, 2.05) is 6.08 Å². The average Bonchev–Trinajstić information content (AvgIpc) is 3.45. The molecule has 78 heavy (non-hydrogen) atoms. The van der Waals surface area contributed by atoms with Gasteiger partial charge in [0.2, 0.25) is 5.91 Å². The van der Waals surface area contributed by atoms with Crippen molar-refractivity contribution in [3.8, 4) is 0 Å². The molecule has 452 valence electrons. The van der Waals surface area contributed by atoms with Crippen LogP contribution in [0.25, 0.3) is 0 Å². The molecule has 0 radical (unpaired) electrons. The molecule has 1 heterocycles. The normalized spacial score (nSPS) is 19.2. The van der Waals surface area contributed by atoms with Crippen LogP contribution in [0.1, 0.15) is 290 Å². The summed E-state index contributed by atoms with van der Waals surface area (Å²) in [5.74, 6) is -0.190. The zero-order chi connectivity index (χ0) is 56.5. The fourth-order valence-corrected chi connectivity index (χ4v) is 10.1. The third kappa shape index (κ3) is 46.0. The van der Waals surface area contributed by atoms with E-state index in [-0.39, 0.29) is 12.5 Å². The second-order valence-electron chi connectivity index (χ2n) is 22.5. The van der Waals surface area contributed by atoms with Gasteiger partial charge in [-0.2, -0.15) is 0 Å². The predicted octanol–water partition coefficient (Wildman–Crippen LogP) is 17.4. The Bertz CT molecular complexity index is 1500. The zero-order valence-corrected chi connectivity index (χ0v) is 50.4. The molecule has 0 aromatic heterocycles. The average molecular weight is 1090 g/mol. The third-order valence-corrected chi connectivity index (χ3v) is 15.2. The van der Waals surface area contributed by atoms with Crippen molar-refractivity contribution in [2.24, 2.45) is 0 Å². The lowest BCUT2D eigenvalue weighted by molar-refractivity contribution is -0.302. The van der Waals surface area contributed by atoms with E-state index in [1.165, 1.54) is 193 Å². The van der Waals surface area contributed by atoms with Gasteiger partial charge in [-0.05, 0) is 77.0 Å². The van der Waals surface area contributed by atoms with Gasteiger partial charge in [0.15, 0.2) is 6.29 Å². The van der Waals surface area contributed by atoms with E-state index in [0.29, 0.717) is 6.42 Å². The van der Waals surface area contributed by atoms with Gasteiger partial charge in [0.1, 0.15) is 24.4 Å². The molecule has 0 bridgehead atoms. The number of rotatable bonds is 56. The minimum atomic E-state index is -1.58. The highest BCUT2D eigenvalue weighted by atomic mass is 16.7. The summed E-state index contributed by atoms with van der Waals surface area (Å²) in [7, 11) is 0. The van der Waals surface area contributed by atoms with E-state index in [9.17, 15) is 30.3 Å². The van der Waals surface area contributed by atoms with Crippen LogP contribution in [0.2, 0.25) is 0 Å². The van der Waals surface area contributed by atoms with Gasteiger partial charge in [0.25, 0.3) is 0 Å². The van der Waals surface area contributed by atoms with E-state index in [2.05, 4.69) is 92.1 Å². The molecule has 6 N–H and O–H groups in total. The minimum absolute atomic E-state index is 0.190. The number of carbonyl (C=O) groups excluding carboxylic acids is 1. The van der Waals surface area contributed by atoms with E-state index >= 15 is 0 Å². The predicted molar refractivity (Wildman–Crippen MR) is 332 cm³/mol. The SMILES string of the molecule is CC/C=C\C/C=C\C/C=C\C/C=C\C/C=C\CCCCCCCCCCCCCC(=O)NC(COC1OC(CO)C(O)C(O)C1O)C(O)/C=C/CC/C=C/CCCCCCCCCCCCCCCCCCCCCCCC. The van der Waals surface area contributed by atoms with Crippen LogP contribution in [-0.4, -0.2) is 87.5 Å². The van der Waals surface area contributed by atoms with Crippen molar-refractivity contribution in [3.63, 3.8) is 0 Å². The minimum Gasteiger partial charge on any atom is -0.394 e. The van der Waals surface area contributed by atoms with Gasteiger partial charge in [-0.3, -0.25) is 4.79 Å². The number of aliphatic hydroxyl groups excluding tert-OH is 5. The van der Waals surface area contributed by atoms with Crippen LogP contribution in [-0.2, 0) is 14.3 Å². The molecule has 9 nitrogen and oxygen atoms in total. The van der Waals surface area contributed by atoms with Crippen LogP contribution >= 0.6 is 0 Å². The molecular weight excluding hydrogens is 971 g/mol. The number of allylic oxidation sites excluding steroid dienone is 13. The molecule has 7 atom stereocenters. The van der Waals surface area contributed by atoms with Gasteiger partial charge < -0.3 is 40.3 Å². The lowest BCUT2D eigenvalue weighted by Crippen LogP contribution is -2.60. The Kier molecular flexibility index (Phi) is 54.2. The van der Waals surface area contributed by atoms with Crippen molar-refractivity contribution in [1.29, 1.82) is 0 Å². The Labute approximate surface area is 480 Å². The topological polar surface area (TPSA) is 149 Å². The summed E-state index contributed by atoms with van der Waals surface area (Å²) in [6, 6.07) is -0.830. The molecule has 0 aromatic rings. The summed E-state index contributed by atoms with van der Waals surface area (Å²) in [5.41, 5.74) is 0. The van der Waals surface area contributed by atoms with Gasteiger partial charge in [-0.15, -0.1) is 0 Å². The van der Waals surface area contributed by atoms with E-state index in [1.54, 1.807) is 6.08 Å². The van der Waals surface area contributed by atoms with Gasteiger partial charge in [-0.1, -0.05) is 292 Å². The Balaban J connectivity index is 2.20. The molecule has 7 unspecified atom stereocenters. The van der Waals surface area contributed by atoms with E-state index in [0.717, 1.165) is 77.0 Å². The monoisotopic (exact) mass is 1090 g/mol. The fourth-order valence-electron chi connectivity index (χ4n) is 10.1. The maximum absolute atomic E-state index is 13.1. The molecule has 1 aliphatic heterocycles. The molecule has 1 fully saturated rings. The summed E-state index contributed by atoms with van der Waals surface area (Å²) in [4.78, 5) is 13.1. The fraction of sp³-hybridized carbons (Fsp3) is 0.783. The first-order valence-corrected chi connectivity index (χ1v) is 32.8. The number of carbonyl (C=O) groups is 1. The van der Waals surface area contributed by atoms with Crippen molar-refractivity contribution < 1.29 is 39.8 Å². The van der Waals surface area contributed by atoms with E-state index in [4.69, 9.17) is 9.47 Å². The molecule has 0 saturated carbocycles. The van der Waals surface area contributed by atoms with Crippen LogP contribution in [0.3, 0.4) is 0 Å². The quantitative estimate of drug-likeness (QED) is 0.0261. The van der Waals surface area contributed by atoms with Gasteiger partial charge in [-0.25, -0.2) is 0 Å². The number of amides is 1. The molecule has 0 aromatic carbocycles. The summed E-state index contributed by atoms with van der Waals surface area (Å²) >= 11 is 0. The van der Waals surface area contributed by atoms with Crippen molar-refractivity contribution in [2.75, 3.05) is 13.2 Å². The first-order chi connectivity index (χ1) is 38.3. The number of hydrogen-bond donors (Lipinski definition) is 6. The zero-order valence-electron chi connectivity index (χ0n) is 50.4. The van der Waals surface area contributed by atoms with Crippen LogP contribution in [0.4, 0.5) is 0 Å². The van der Waals surface area contributed by atoms with Crippen molar-refractivity contribution >= 4 is 5.91 Å². The molecule has 1 aliphatic rings. The Morgan fingerprint density at radius 2 is 0.808 bits per heavy atom. The number of aliphatic hydroxyl groups is 5. The third-order valence-electron chi connectivity index (χ3n) is 15.2. The van der Waals surface area contributed by atoms with Crippen LogP contribution in [0.5, 0.6) is 0 Å². The number of unbranched alkanes of at least 4 members (excludes halogenated alkanes) is 34. The lowest BCUT2D eigenvalue weighted by atomic mass is 9.99. The summed E-state index contributed by atoms with van der Waals surface area (Å²) in [5, 5.41) is 54.7. The van der Waals surface area contributed by atoms with Crippen LogP contribution < -0.4 is 5.32 Å². The Morgan fingerprint density at radius 1 is 0.449 bits per heavy atom. The summed E-state index contributed by atoms with van der Waals surface area (Å²) < 4.78 is 11.3. The maximum Gasteiger partial charge on any atom is 0.220 e. The van der Waals surface area contributed by atoms with Gasteiger partial charge in [0.05, 0.1) is 25.4 Å². The molecule has 0 aliphatic carbocycles. The highest BCUT2D eigenvalue weighted by Crippen LogP contribution is 2.23. The second-order valence-corrected chi connectivity index (χ2v) is 22.5. The number of hydrogen-bond acceptors (Lipinski definition) is 8. The maximum atomic E-state index is 13.1. The number of nitrogens with one attached hydrogen (secondary N) is 1. The van der Waals surface area contributed by atoms with E-state index < -0.39 is 49.5 Å². The first kappa shape index (κ1) is 73.4. The first-order valence-electron chi connectivity index (χ1n) is 32.8. The van der Waals surface area contributed by atoms with Crippen molar-refractivity contribution in [2.45, 2.75) is 333 Å². The number of ether oxygens (including phenoxy) is 2. The van der Waals surface area contributed by atoms with Gasteiger partial charge >= 0.3 is 0 Å². The van der Waals surface area contributed by atoms with Crippen molar-refractivity contribution in [1.82, 2.24) is 5.32 Å². The smallest absolute Gasteiger partial charge is 0.220 e. The summed E-state index contributed by atoms with van der Waals surface area (Å²) in [6.07, 6.45) is 75.3.